The normalized spacial score (nSPS) is 22.6. The van der Waals surface area contributed by atoms with Gasteiger partial charge < -0.3 is 15.4 Å². The van der Waals surface area contributed by atoms with E-state index >= 15 is 0 Å². The van der Waals surface area contributed by atoms with Crippen molar-refractivity contribution in [3.63, 3.8) is 0 Å². The first-order chi connectivity index (χ1) is 10.5. The van der Waals surface area contributed by atoms with Gasteiger partial charge in [0.1, 0.15) is 5.75 Å². The third-order valence-electron chi connectivity index (χ3n) is 4.21. The number of hydrogen-bond acceptors (Lipinski definition) is 3. The van der Waals surface area contributed by atoms with Gasteiger partial charge in [-0.3, -0.25) is 4.79 Å². The molecule has 0 spiro atoms. The van der Waals surface area contributed by atoms with Crippen molar-refractivity contribution in [2.75, 3.05) is 6.54 Å². The van der Waals surface area contributed by atoms with E-state index in [1.54, 1.807) is 12.1 Å². The Morgan fingerprint density at radius 1 is 1.50 bits per heavy atom. The average Bonchev–Trinajstić information content (AvgIpc) is 2.97. The topological polar surface area (TPSA) is 50.4 Å². The summed E-state index contributed by atoms with van der Waals surface area (Å²) in [5.41, 5.74) is 0.224. The number of carbonyl (C=O) groups excluding carboxylic acids is 1. The maximum atomic E-state index is 12.5. The van der Waals surface area contributed by atoms with Gasteiger partial charge in [-0.1, -0.05) is 19.1 Å². The molecule has 1 heterocycles. The molecule has 1 aromatic rings. The Morgan fingerprint density at radius 3 is 2.86 bits per heavy atom. The third-order valence-corrected chi connectivity index (χ3v) is 4.21. The Kier molecular flexibility index (Phi) is 5.34. The van der Waals surface area contributed by atoms with E-state index in [-0.39, 0.29) is 17.7 Å². The maximum absolute atomic E-state index is 12.5. The number of benzene rings is 1. The zero-order valence-corrected chi connectivity index (χ0v) is 12.9. The molecule has 4 nitrogen and oxygen atoms in total. The zero-order valence-electron chi connectivity index (χ0n) is 12.9. The van der Waals surface area contributed by atoms with Crippen molar-refractivity contribution >= 4 is 5.91 Å². The van der Waals surface area contributed by atoms with Gasteiger partial charge in [0.15, 0.2) is 0 Å². The number of carbonyl (C=O) groups is 1. The largest absolute Gasteiger partial charge is 0.435 e. The second-order valence-corrected chi connectivity index (χ2v) is 5.61. The van der Waals surface area contributed by atoms with E-state index in [4.69, 9.17) is 0 Å². The smallest absolute Gasteiger partial charge is 0.387 e. The number of halogens is 2. The van der Waals surface area contributed by atoms with Crippen molar-refractivity contribution in [3.8, 4) is 5.75 Å². The summed E-state index contributed by atoms with van der Waals surface area (Å²) in [6, 6.07) is 6.14. The van der Waals surface area contributed by atoms with Gasteiger partial charge in [0.05, 0.1) is 11.6 Å². The number of amides is 1. The Bertz CT molecular complexity index is 517. The van der Waals surface area contributed by atoms with E-state index in [0.717, 1.165) is 31.4 Å². The minimum atomic E-state index is -2.86. The molecule has 2 atom stereocenters. The van der Waals surface area contributed by atoms with Gasteiger partial charge in [0.25, 0.3) is 0 Å². The first-order valence-electron chi connectivity index (χ1n) is 7.57. The fourth-order valence-corrected chi connectivity index (χ4v) is 2.84. The SMILES string of the molecule is CCC1(C(=O)NC(C)c2cccc(OC(F)F)c2)CCCN1. The highest BCUT2D eigenvalue weighted by atomic mass is 19.3. The van der Waals surface area contributed by atoms with Gasteiger partial charge >= 0.3 is 6.61 Å². The third kappa shape index (κ3) is 3.74. The van der Waals surface area contributed by atoms with Crippen LogP contribution in [-0.2, 0) is 4.79 Å². The summed E-state index contributed by atoms with van der Waals surface area (Å²) in [4.78, 5) is 12.5. The molecule has 1 fully saturated rings. The van der Waals surface area contributed by atoms with E-state index in [1.165, 1.54) is 12.1 Å². The van der Waals surface area contributed by atoms with Crippen LogP contribution in [0.4, 0.5) is 8.78 Å². The molecule has 1 aliphatic heterocycles. The minimum Gasteiger partial charge on any atom is -0.435 e. The van der Waals surface area contributed by atoms with Crippen molar-refractivity contribution in [1.29, 1.82) is 0 Å². The molecular weight excluding hydrogens is 290 g/mol. The molecule has 1 saturated heterocycles. The highest BCUT2D eigenvalue weighted by Gasteiger charge is 2.39. The second-order valence-electron chi connectivity index (χ2n) is 5.61. The average molecular weight is 312 g/mol. The molecule has 0 radical (unpaired) electrons. The first-order valence-corrected chi connectivity index (χ1v) is 7.57. The van der Waals surface area contributed by atoms with Crippen LogP contribution in [-0.4, -0.2) is 24.6 Å². The van der Waals surface area contributed by atoms with E-state index in [0.29, 0.717) is 0 Å². The molecule has 1 aromatic carbocycles. The van der Waals surface area contributed by atoms with Crippen molar-refractivity contribution in [2.45, 2.75) is 51.3 Å². The summed E-state index contributed by atoms with van der Waals surface area (Å²) >= 11 is 0. The van der Waals surface area contributed by atoms with Gasteiger partial charge in [0.2, 0.25) is 5.91 Å². The van der Waals surface area contributed by atoms with Crippen LogP contribution in [0, 0.1) is 0 Å². The number of rotatable bonds is 6. The Hall–Kier alpha value is -1.69. The van der Waals surface area contributed by atoms with Gasteiger partial charge in [0, 0.05) is 0 Å². The predicted octanol–water partition coefficient (Wildman–Crippen LogP) is 3.00. The van der Waals surface area contributed by atoms with Crippen molar-refractivity contribution < 1.29 is 18.3 Å². The molecule has 2 unspecified atom stereocenters. The van der Waals surface area contributed by atoms with Crippen molar-refractivity contribution in [1.82, 2.24) is 10.6 Å². The van der Waals surface area contributed by atoms with Crippen molar-refractivity contribution in [2.24, 2.45) is 0 Å². The van der Waals surface area contributed by atoms with E-state index in [9.17, 15) is 13.6 Å². The Morgan fingerprint density at radius 2 is 2.27 bits per heavy atom. The van der Waals surface area contributed by atoms with E-state index in [2.05, 4.69) is 15.4 Å². The fourth-order valence-electron chi connectivity index (χ4n) is 2.84. The number of hydrogen-bond donors (Lipinski definition) is 2. The molecule has 22 heavy (non-hydrogen) atoms. The summed E-state index contributed by atoms with van der Waals surface area (Å²) in [5.74, 6) is 0.0537. The molecule has 122 valence electrons. The molecule has 2 rings (SSSR count). The highest BCUT2D eigenvalue weighted by molar-refractivity contribution is 5.87. The molecule has 1 amide bonds. The lowest BCUT2D eigenvalue weighted by molar-refractivity contribution is -0.128. The monoisotopic (exact) mass is 312 g/mol. The van der Waals surface area contributed by atoms with Gasteiger partial charge in [-0.05, 0) is 50.4 Å². The maximum Gasteiger partial charge on any atom is 0.387 e. The molecular formula is C16H22F2N2O2. The number of nitrogens with one attached hydrogen (secondary N) is 2. The lowest BCUT2D eigenvalue weighted by Crippen LogP contribution is -2.53. The van der Waals surface area contributed by atoms with Gasteiger partial charge in [-0.2, -0.15) is 8.78 Å². The quantitative estimate of drug-likeness (QED) is 0.849. The lowest BCUT2D eigenvalue weighted by Gasteiger charge is -2.29. The second kappa shape index (κ2) is 7.05. The fraction of sp³-hybridized carbons (Fsp3) is 0.562. The summed E-state index contributed by atoms with van der Waals surface area (Å²) in [7, 11) is 0. The summed E-state index contributed by atoms with van der Waals surface area (Å²) < 4.78 is 28.9. The van der Waals surface area contributed by atoms with Crippen LogP contribution in [0.15, 0.2) is 24.3 Å². The Labute approximate surface area is 129 Å². The summed E-state index contributed by atoms with van der Waals surface area (Å²) in [6.45, 7) is 1.80. The first kappa shape index (κ1) is 16.7. The van der Waals surface area contributed by atoms with Crippen LogP contribution in [0.25, 0.3) is 0 Å². The molecule has 2 N–H and O–H groups in total. The Balaban J connectivity index is 2.05. The predicted molar refractivity (Wildman–Crippen MR) is 79.9 cm³/mol. The molecule has 1 aliphatic rings. The van der Waals surface area contributed by atoms with E-state index in [1.807, 2.05) is 13.8 Å². The lowest BCUT2D eigenvalue weighted by atomic mass is 9.92. The number of alkyl halides is 2. The minimum absolute atomic E-state index is 0.0415. The van der Waals surface area contributed by atoms with Crippen molar-refractivity contribution in [3.05, 3.63) is 29.8 Å². The van der Waals surface area contributed by atoms with Gasteiger partial charge in [-0.15, -0.1) is 0 Å². The van der Waals surface area contributed by atoms with Gasteiger partial charge in [-0.25, -0.2) is 0 Å². The van der Waals surface area contributed by atoms with Crippen LogP contribution in [0.5, 0.6) is 5.75 Å². The molecule has 0 aromatic heterocycles. The number of ether oxygens (including phenoxy) is 1. The summed E-state index contributed by atoms with van der Waals surface area (Å²) in [5, 5.41) is 6.24. The molecule has 0 bridgehead atoms. The van der Waals surface area contributed by atoms with Crippen LogP contribution in [0.2, 0.25) is 0 Å². The van der Waals surface area contributed by atoms with E-state index < -0.39 is 12.2 Å². The molecule has 0 aliphatic carbocycles. The van der Waals surface area contributed by atoms with Crippen LogP contribution in [0.3, 0.4) is 0 Å². The summed E-state index contributed by atoms with van der Waals surface area (Å²) in [6.07, 6.45) is 2.52. The van der Waals surface area contributed by atoms with Crippen LogP contribution >= 0.6 is 0 Å². The standard InChI is InChI=1S/C16H22F2N2O2/c1-3-16(8-5-9-19-16)14(21)20-11(2)12-6-4-7-13(10-12)22-15(17)18/h4,6-7,10-11,15,19H,3,5,8-9H2,1-2H3,(H,20,21). The van der Waals surface area contributed by atoms with Crippen LogP contribution in [0.1, 0.15) is 44.7 Å². The molecule has 6 heteroatoms. The highest BCUT2D eigenvalue weighted by Crippen LogP contribution is 2.25. The molecule has 0 saturated carbocycles. The zero-order chi connectivity index (χ0) is 16.2. The van der Waals surface area contributed by atoms with Crippen LogP contribution < -0.4 is 15.4 Å².